The van der Waals surface area contributed by atoms with Crippen molar-refractivity contribution in [2.45, 2.75) is 0 Å². The van der Waals surface area contributed by atoms with Crippen molar-refractivity contribution in [3.05, 3.63) is 54.1 Å². The predicted molar refractivity (Wildman–Crippen MR) is 82.9 cm³/mol. The van der Waals surface area contributed by atoms with E-state index in [2.05, 4.69) is 5.32 Å². The Labute approximate surface area is 126 Å². The highest BCUT2D eigenvalue weighted by atomic mass is 32.1. The maximum absolute atomic E-state index is 12.4. The van der Waals surface area contributed by atoms with Crippen LogP contribution in [-0.4, -0.2) is 18.1 Å². The molecular formula is C15H12N2O3S. The third-order valence-corrected chi connectivity index (χ3v) is 3.32. The summed E-state index contributed by atoms with van der Waals surface area (Å²) in [4.78, 5) is 13.9. The molecule has 106 valence electrons. The fraction of sp³-hybridized carbons (Fsp3) is 0.0667. The molecule has 1 aliphatic rings. The van der Waals surface area contributed by atoms with Crippen LogP contribution < -0.4 is 15.0 Å². The second-order valence-corrected chi connectivity index (χ2v) is 4.73. The summed E-state index contributed by atoms with van der Waals surface area (Å²) in [6.45, 7) is 0. The van der Waals surface area contributed by atoms with Gasteiger partial charge in [-0.15, -0.1) is 0 Å². The molecule has 0 spiro atoms. The number of rotatable bonds is 3. The third-order valence-electron chi connectivity index (χ3n) is 3.04. The monoisotopic (exact) mass is 300 g/mol. The molecule has 1 amide bonds. The largest absolute Gasteiger partial charge is 0.497 e. The lowest BCUT2D eigenvalue weighted by Crippen LogP contribution is -2.30. The number of hydrogen-bond donors (Lipinski definition) is 1. The zero-order chi connectivity index (χ0) is 14.8. The van der Waals surface area contributed by atoms with Crippen molar-refractivity contribution >= 4 is 35.0 Å². The number of amides is 1. The summed E-state index contributed by atoms with van der Waals surface area (Å²) in [5.74, 6) is 1.09. The van der Waals surface area contributed by atoms with Gasteiger partial charge in [0.15, 0.2) is 5.11 Å². The smallest absolute Gasteiger partial charge is 0.281 e. The average molecular weight is 300 g/mol. The molecule has 1 saturated heterocycles. The van der Waals surface area contributed by atoms with Gasteiger partial charge in [-0.2, -0.15) is 0 Å². The third kappa shape index (κ3) is 2.53. The van der Waals surface area contributed by atoms with Crippen molar-refractivity contribution in [2.75, 3.05) is 12.0 Å². The van der Waals surface area contributed by atoms with Gasteiger partial charge in [0.05, 0.1) is 19.1 Å². The standard InChI is InChI=1S/C15H12N2O3S/c1-19-11-6-4-10(5-7-11)17-14(18)13(16-15(17)21)9-12-3-2-8-20-12/h2-9H,1H3,(H,16,21). The zero-order valence-electron chi connectivity index (χ0n) is 11.2. The molecular weight excluding hydrogens is 288 g/mol. The maximum atomic E-state index is 12.4. The van der Waals surface area contributed by atoms with Crippen LogP contribution in [0.15, 0.2) is 52.8 Å². The first-order chi connectivity index (χ1) is 10.2. The Morgan fingerprint density at radius 1 is 1.29 bits per heavy atom. The van der Waals surface area contributed by atoms with Gasteiger partial charge in [-0.25, -0.2) is 0 Å². The number of nitrogens with one attached hydrogen (secondary N) is 1. The molecule has 2 heterocycles. The Hall–Kier alpha value is -2.60. The number of thiocarbonyl (C=S) groups is 1. The molecule has 1 fully saturated rings. The summed E-state index contributed by atoms with van der Waals surface area (Å²) in [5, 5.41) is 3.23. The molecule has 0 aliphatic carbocycles. The van der Waals surface area contributed by atoms with Crippen LogP contribution in [0.25, 0.3) is 6.08 Å². The lowest BCUT2D eigenvalue weighted by atomic mass is 10.2. The fourth-order valence-corrected chi connectivity index (χ4v) is 2.31. The Bertz CT molecular complexity index is 705. The average Bonchev–Trinajstić information content (AvgIpc) is 3.09. The first-order valence-corrected chi connectivity index (χ1v) is 6.64. The highest BCUT2D eigenvalue weighted by molar-refractivity contribution is 7.80. The predicted octanol–water partition coefficient (Wildman–Crippen LogP) is 2.55. The number of methoxy groups -OCH3 is 1. The van der Waals surface area contributed by atoms with Gasteiger partial charge in [0, 0.05) is 6.08 Å². The van der Waals surface area contributed by atoms with Crippen LogP contribution in [0.1, 0.15) is 5.76 Å². The molecule has 3 rings (SSSR count). The highest BCUT2D eigenvalue weighted by Gasteiger charge is 2.32. The number of carbonyl (C=O) groups excluding carboxylic acids is 1. The van der Waals surface area contributed by atoms with Gasteiger partial charge < -0.3 is 14.5 Å². The molecule has 5 nitrogen and oxygen atoms in total. The minimum Gasteiger partial charge on any atom is -0.497 e. The second kappa shape index (κ2) is 5.41. The van der Waals surface area contributed by atoms with E-state index in [1.54, 1.807) is 55.8 Å². The molecule has 0 unspecified atom stereocenters. The number of carbonyl (C=O) groups is 1. The van der Waals surface area contributed by atoms with Crippen LogP contribution in [0.5, 0.6) is 5.75 Å². The number of anilines is 1. The molecule has 1 aromatic heterocycles. The molecule has 1 aromatic carbocycles. The Morgan fingerprint density at radius 2 is 2.05 bits per heavy atom. The molecule has 0 bridgehead atoms. The van der Waals surface area contributed by atoms with Crippen LogP contribution >= 0.6 is 12.2 Å². The van der Waals surface area contributed by atoms with Crippen LogP contribution in [-0.2, 0) is 4.79 Å². The molecule has 0 radical (unpaired) electrons. The van der Waals surface area contributed by atoms with Gasteiger partial charge in [-0.05, 0) is 48.6 Å². The Balaban J connectivity index is 1.90. The maximum Gasteiger partial charge on any atom is 0.281 e. The van der Waals surface area contributed by atoms with Crippen molar-refractivity contribution in [3.8, 4) is 5.75 Å². The molecule has 6 heteroatoms. The molecule has 21 heavy (non-hydrogen) atoms. The van der Waals surface area contributed by atoms with E-state index >= 15 is 0 Å². The summed E-state index contributed by atoms with van der Waals surface area (Å²) in [7, 11) is 1.59. The topological polar surface area (TPSA) is 54.7 Å². The van der Waals surface area contributed by atoms with Gasteiger partial charge in [-0.1, -0.05) is 0 Å². The van der Waals surface area contributed by atoms with Gasteiger partial charge in [0.1, 0.15) is 17.2 Å². The van der Waals surface area contributed by atoms with Crippen LogP contribution in [0.2, 0.25) is 0 Å². The van der Waals surface area contributed by atoms with Crippen LogP contribution in [0, 0.1) is 0 Å². The van der Waals surface area contributed by atoms with E-state index in [-0.39, 0.29) is 5.91 Å². The van der Waals surface area contributed by atoms with Crippen molar-refractivity contribution in [3.63, 3.8) is 0 Å². The van der Waals surface area contributed by atoms with E-state index in [4.69, 9.17) is 21.4 Å². The number of ether oxygens (including phenoxy) is 1. The normalized spacial score (nSPS) is 16.4. The summed E-state index contributed by atoms with van der Waals surface area (Å²) in [6, 6.07) is 10.6. The van der Waals surface area contributed by atoms with E-state index in [1.165, 1.54) is 4.90 Å². The van der Waals surface area contributed by atoms with Gasteiger partial charge >= 0.3 is 0 Å². The second-order valence-electron chi connectivity index (χ2n) is 4.34. The fourth-order valence-electron chi connectivity index (χ4n) is 2.02. The van der Waals surface area contributed by atoms with E-state index in [1.807, 2.05) is 0 Å². The van der Waals surface area contributed by atoms with Crippen molar-refractivity contribution in [1.82, 2.24) is 5.32 Å². The van der Waals surface area contributed by atoms with Gasteiger partial charge in [0.25, 0.3) is 5.91 Å². The number of hydrogen-bond acceptors (Lipinski definition) is 4. The number of benzene rings is 1. The minimum atomic E-state index is -0.221. The van der Waals surface area contributed by atoms with E-state index in [0.717, 1.165) is 5.75 Å². The summed E-state index contributed by atoms with van der Waals surface area (Å²) in [5.41, 5.74) is 1.06. The Morgan fingerprint density at radius 3 is 2.67 bits per heavy atom. The van der Waals surface area contributed by atoms with Crippen molar-refractivity contribution in [1.29, 1.82) is 0 Å². The van der Waals surface area contributed by atoms with Crippen LogP contribution in [0.4, 0.5) is 5.69 Å². The lowest BCUT2D eigenvalue weighted by molar-refractivity contribution is -0.113. The zero-order valence-corrected chi connectivity index (χ0v) is 12.0. The molecule has 1 N–H and O–H groups in total. The molecule has 1 aliphatic heterocycles. The van der Waals surface area contributed by atoms with Crippen molar-refractivity contribution < 1.29 is 13.9 Å². The van der Waals surface area contributed by atoms with Gasteiger partial charge in [-0.3, -0.25) is 9.69 Å². The number of furan rings is 1. The molecule has 0 atom stereocenters. The van der Waals surface area contributed by atoms with Crippen LogP contribution in [0.3, 0.4) is 0 Å². The first-order valence-electron chi connectivity index (χ1n) is 6.24. The van der Waals surface area contributed by atoms with Crippen molar-refractivity contribution in [2.24, 2.45) is 0 Å². The Kier molecular flexibility index (Phi) is 3.45. The van der Waals surface area contributed by atoms with E-state index < -0.39 is 0 Å². The number of nitrogens with zero attached hydrogens (tertiary/aromatic N) is 1. The first kappa shape index (κ1) is 13.4. The minimum absolute atomic E-state index is 0.221. The van der Waals surface area contributed by atoms with E-state index in [0.29, 0.717) is 22.3 Å². The summed E-state index contributed by atoms with van der Waals surface area (Å²) < 4.78 is 10.3. The SMILES string of the molecule is COc1ccc(N2C(=O)C(=Cc3ccco3)NC2=S)cc1. The molecule has 0 saturated carbocycles. The van der Waals surface area contributed by atoms with E-state index in [9.17, 15) is 4.79 Å². The van der Waals surface area contributed by atoms with Gasteiger partial charge in [0.2, 0.25) is 0 Å². The summed E-state index contributed by atoms with van der Waals surface area (Å²) in [6.07, 6.45) is 3.17. The highest BCUT2D eigenvalue weighted by Crippen LogP contribution is 2.24. The quantitative estimate of drug-likeness (QED) is 0.697. The molecule has 2 aromatic rings. The summed E-state index contributed by atoms with van der Waals surface area (Å²) >= 11 is 5.22. The lowest BCUT2D eigenvalue weighted by Gasteiger charge is -2.14.